The molecule has 0 spiro atoms. The van der Waals surface area contributed by atoms with E-state index in [4.69, 9.17) is 10.3 Å². The fourth-order valence-electron chi connectivity index (χ4n) is 2.10. The number of hydrogen-bond donors (Lipinski definition) is 1. The second-order valence-electron chi connectivity index (χ2n) is 4.51. The molecule has 0 fully saturated rings. The van der Waals surface area contributed by atoms with Crippen molar-refractivity contribution in [1.29, 1.82) is 0 Å². The summed E-state index contributed by atoms with van der Waals surface area (Å²) >= 11 is 0. The number of benzene rings is 1. The van der Waals surface area contributed by atoms with Crippen molar-refractivity contribution >= 4 is 0 Å². The predicted octanol–water partition coefficient (Wildman–Crippen LogP) is 2.39. The van der Waals surface area contributed by atoms with Crippen molar-refractivity contribution in [3.8, 4) is 11.4 Å². The van der Waals surface area contributed by atoms with Gasteiger partial charge in [-0.3, -0.25) is 0 Å². The molecule has 2 aromatic rings. The lowest BCUT2D eigenvalue weighted by Crippen LogP contribution is -2.14. The van der Waals surface area contributed by atoms with E-state index in [1.807, 2.05) is 12.2 Å². The zero-order valence-corrected chi connectivity index (χ0v) is 9.88. The van der Waals surface area contributed by atoms with Gasteiger partial charge in [0.05, 0.1) is 5.92 Å². The Hall–Kier alpha value is -2.08. The molecule has 0 saturated heterocycles. The van der Waals surface area contributed by atoms with Crippen molar-refractivity contribution in [2.24, 2.45) is 5.73 Å². The maximum atomic E-state index is 13.1. The first-order valence-corrected chi connectivity index (χ1v) is 5.86. The summed E-state index contributed by atoms with van der Waals surface area (Å²) in [4.78, 5) is 4.16. The Morgan fingerprint density at radius 1 is 1.16 bits per heavy atom. The molecular weight excluding hydrogens is 252 g/mol. The molecule has 1 aliphatic rings. The zero-order valence-electron chi connectivity index (χ0n) is 9.88. The van der Waals surface area contributed by atoms with E-state index < -0.39 is 11.6 Å². The van der Waals surface area contributed by atoms with Gasteiger partial charge in [0, 0.05) is 17.7 Å². The number of rotatable bonds is 2. The molecule has 1 heterocycles. The lowest BCUT2D eigenvalue weighted by molar-refractivity contribution is 0.365. The van der Waals surface area contributed by atoms with Gasteiger partial charge in [0.2, 0.25) is 11.7 Å². The monoisotopic (exact) mass is 263 g/mol. The highest BCUT2D eigenvalue weighted by Gasteiger charge is 2.23. The molecule has 3 rings (SSSR count). The minimum atomic E-state index is -0.677. The summed E-state index contributed by atoms with van der Waals surface area (Å²) in [7, 11) is 0. The molecular formula is C13H11F2N3O. The smallest absolute Gasteiger partial charge is 0.233 e. The summed E-state index contributed by atoms with van der Waals surface area (Å²) in [6, 6.07) is 3.09. The third-order valence-corrected chi connectivity index (χ3v) is 3.00. The molecule has 0 radical (unpaired) electrons. The van der Waals surface area contributed by atoms with Gasteiger partial charge in [0.1, 0.15) is 11.6 Å². The highest BCUT2D eigenvalue weighted by Crippen LogP contribution is 2.28. The minimum Gasteiger partial charge on any atom is -0.338 e. The number of hydrogen-bond acceptors (Lipinski definition) is 4. The molecule has 0 saturated carbocycles. The van der Waals surface area contributed by atoms with Gasteiger partial charge in [0.25, 0.3) is 0 Å². The van der Waals surface area contributed by atoms with Crippen LogP contribution in [0.5, 0.6) is 0 Å². The first-order chi connectivity index (χ1) is 9.11. The van der Waals surface area contributed by atoms with Gasteiger partial charge < -0.3 is 10.3 Å². The van der Waals surface area contributed by atoms with Crippen LogP contribution in [0.25, 0.3) is 11.4 Å². The topological polar surface area (TPSA) is 64.9 Å². The van der Waals surface area contributed by atoms with E-state index in [1.54, 1.807) is 0 Å². The van der Waals surface area contributed by atoms with Crippen LogP contribution in [-0.4, -0.2) is 16.2 Å². The van der Waals surface area contributed by atoms with Crippen LogP contribution in [0.15, 0.2) is 34.9 Å². The van der Waals surface area contributed by atoms with Crippen molar-refractivity contribution < 1.29 is 13.3 Å². The van der Waals surface area contributed by atoms with Crippen LogP contribution < -0.4 is 5.73 Å². The van der Waals surface area contributed by atoms with Crippen molar-refractivity contribution in [1.82, 2.24) is 10.1 Å². The standard InChI is InChI=1S/C13H11F2N3O/c14-9-3-8(4-10(15)6-9)12-17-13(19-18-12)7-1-2-11(16)5-7/h1-4,6-7,11H,5,16H2. The largest absolute Gasteiger partial charge is 0.338 e. The summed E-state index contributed by atoms with van der Waals surface area (Å²) in [5.74, 6) is -0.811. The first kappa shape index (κ1) is 12.0. The quantitative estimate of drug-likeness (QED) is 0.845. The van der Waals surface area contributed by atoms with Gasteiger partial charge in [-0.15, -0.1) is 0 Å². The molecule has 98 valence electrons. The third kappa shape index (κ3) is 2.39. The van der Waals surface area contributed by atoms with Crippen LogP contribution in [0.2, 0.25) is 0 Å². The normalized spacial score (nSPS) is 22.1. The van der Waals surface area contributed by atoms with E-state index >= 15 is 0 Å². The Balaban J connectivity index is 1.90. The van der Waals surface area contributed by atoms with Crippen molar-refractivity contribution in [2.45, 2.75) is 18.4 Å². The van der Waals surface area contributed by atoms with Gasteiger partial charge in [-0.05, 0) is 18.6 Å². The van der Waals surface area contributed by atoms with Gasteiger partial charge in [-0.25, -0.2) is 8.78 Å². The number of aromatic nitrogens is 2. The number of nitrogens with two attached hydrogens (primary N) is 1. The molecule has 1 aromatic carbocycles. The van der Waals surface area contributed by atoms with E-state index in [2.05, 4.69) is 10.1 Å². The van der Waals surface area contributed by atoms with E-state index in [-0.39, 0.29) is 23.3 Å². The van der Waals surface area contributed by atoms with Crippen LogP contribution in [0.3, 0.4) is 0 Å². The Labute approximate surface area is 107 Å². The Morgan fingerprint density at radius 3 is 2.53 bits per heavy atom. The predicted molar refractivity (Wildman–Crippen MR) is 64.1 cm³/mol. The number of halogens is 2. The summed E-state index contributed by atoms with van der Waals surface area (Å²) < 4.78 is 31.4. The highest BCUT2D eigenvalue weighted by atomic mass is 19.1. The zero-order chi connectivity index (χ0) is 13.4. The first-order valence-electron chi connectivity index (χ1n) is 5.86. The highest BCUT2D eigenvalue weighted by molar-refractivity contribution is 5.54. The van der Waals surface area contributed by atoms with E-state index in [9.17, 15) is 8.78 Å². The Morgan fingerprint density at radius 2 is 1.89 bits per heavy atom. The molecule has 6 heteroatoms. The van der Waals surface area contributed by atoms with Crippen LogP contribution in [-0.2, 0) is 0 Å². The van der Waals surface area contributed by atoms with Crippen LogP contribution in [0, 0.1) is 11.6 Å². The summed E-state index contributed by atoms with van der Waals surface area (Å²) in [6.07, 6.45) is 4.46. The molecule has 1 aromatic heterocycles. The second kappa shape index (κ2) is 4.55. The van der Waals surface area contributed by atoms with Gasteiger partial charge in [-0.2, -0.15) is 4.98 Å². The average Bonchev–Trinajstić information content (AvgIpc) is 2.95. The summed E-state index contributed by atoms with van der Waals surface area (Å²) in [5.41, 5.74) is 5.99. The minimum absolute atomic E-state index is 0.0213. The SMILES string of the molecule is NC1C=CC(c2nc(-c3cc(F)cc(F)c3)no2)C1. The third-order valence-electron chi connectivity index (χ3n) is 3.00. The van der Waals surface area contributed by atoms with Crippen molar-refractivity contribution in [3.05, 3.63) is 47.9 Å². The fourth-order valence-corrected chi connectivity index (χ4v) is 2.10. The summed E-state index contributed by atoms with van der Waals surface area (Å²) in [6.45, 7) is 0. The van der Waals surface area contributed by atoms with E-state index in [0.717, 1.165) is 18.2 Å². The second-order valence-corrected chi connectivity index (χ2v) is 4.51. The lowest BCUT2D eigenvalue weighted by Gasteiger charge is -2.02. The molecule has 0 bridgehead atoms. The van der Waals surface area contributed by atoms with Crippen molar-refractivity contribution in [3.63, 3.8) is 0 Å². The van der Waals surface area contributed by atoms with Crippen molar-refractivity contribution in [2.75, 3.05) is 0 Å². The Bertz CT molecular complexity index is 618. The Kier molecular flexibility index (Phi) is 2.87. The lowest BCUT2D eigenvalue weighted by atomic mass is 10.1. The van der Waals surface area contributed by atoms with Gasteiger partial charge in [0.15, 0.2) is 0 Å². The van der Waals surface area contributed by atoms with Crippen LogP contribution >= 0.6 is 0 Å². The van der Waals surface area contributed by atoms with E-state index in [0.29, 0.717) is 12.3 Å². The van der Waals surface area contributed by atoms with Gasteiger partial charge >= 0.3 is 0 Å². The molecule has 2 unspecified atom stereocenters. The van der Waals surface area contributed by atoms with E-state index in [1.165, 1.54) is 0 Å². The molecule has 1 aliphatic carbocycles. The van der Waals surface area contributed by atoms with Crippen LogP contribution in [0.1, 0.15) is 18.2 Å². The molecule has 4 nitrogen and oxygen atoms in total. The number of nitrogens with zero attached hydrogens (tertiary/aromatic N) is 2. The molecule has 19 heavy (non-hydrogen) atoms. The van der Waals surface area contributed by atoms with Gasteiger partial charge in [-0.1, -0.05) is 17.3 Å². The molecule has 0 amide bonds. The molecule has 2 atom stereocenters. The fraction of sp³-hybridized carbons (Fsp3) is 0.231. The average molecular weight is 263 g/mol. The molecule has 2 N–H and O–H groups in total. The molecule has 0 aliphatic heterocycles. The number of allylic oxidation sites excluding steroid dienone is 1. The maximum absolute atomic E-state index is 13.1. The van der Waals surface area contributed by atoms with Crippen LogP contribution in [0.4, 0.5) is 8.78 Å². The maximum Gasteiger partial charge on any atom is 0.233 e. The summed E-state index contributed by atoms with van der Waals surface area (Å²) in [5, 5.41) is 3.74.